The highest BCUT2D eigenvalue weighted by Gasteiger charge is 2.26. The summed E-state index contributed by atoms with van der Waals surface area (Å²) in [7, 11) is -1.61. The van der Waals surface area contributed by atoms with Crippen molar-refractivity contribution in [3.05, 3.63) is 134 Å². The maximum Gasteiger partial charge on any atom is 0.0721 e. The van der Waals surface area contributed by atoms with Gasteiger partial charge in [0.05, 0.1) is 10.9 Å². The van der Waals surface area contributed by atoms with Crippen LogP contribution < -0.4 is 32.1 Å². The third kappa shape index (κ3) is 4.39. The van der Waals surface area contributed by atoms with E-state index in [-0.39, 0.29) is 0 Å². The standard InChI is InChI=1S/C28H22N2P2/c1-3-13-23(14-4-1)31(27-19-9-11-21-29-27)25-17-7-8-18-26(25)32(24-15-5-2-6-16-24)28-20-10-12-22-30-28/h1-22H. The molecule has 0 spiro atoms. The molecule has 4 heteroatoms. The predicted octanol–water partition coefficient (Wildman–Crippen LogP) is 3.99. The second-order valence-electron chi connectivity index (χ2n) is 7.21. The fourth-order valence-corrected chi connectivity index (χ4v) is 8.79. The van der Waals surface area contributed by atoms with Crippen LogP contribution in [0.25, 0.3) is 0 Å². The molecule has 2 heterocycles. The van der Waals surface area contributed by atoms with Crippen LogP contribution in [0.1, 0.15) is 0 Å². The van der Waals surface area contributed by atoms with Gasteiger partial charge in [0.25, 0.3) is 0 Å². The van der Waals surface area contributed by atoms with Crippen molar-refractivity contribution in [1.29, 1.82) is 0 Å². The second-order valence-corrected chi connectivity index (χ2v) is 11.5. The highest BCUT2D eigenvalue weighted by atomic mass is 31.1. The van der Waals surface area contributed by atoms with E-state index in [4.69, 9.17) is 9.97 Å². The summed E-state index contributed by atoms with van der Waals surface area (Å²) < 4.78 is 0. The number of benzene rings is 3. The Bertz CT molecular complexity index is 1080. The number of pyridine rings is 2. The zero-order valence-electron chi connectivity index (χ0n) is 17.5. The van der Waals surface area contributed by atoms with Gasteiger partial charge in [0.15, 0.2) is 0 Å². The lowest BCUT2D eigenvalue weighted by atomic mass is 10.4. The van der Waals surface area contributed by atoms with Crippen LogP contribution in [-0.2, 0) is 0 Å². The Balaban J connectivity index is 1.74. The Hall–Kier alpha value is -3.18. The molecule has 5 aromatic rings. The molecule has 2 aromatic heterocycles. The van der Waals surface area contributed by atoms with Crippen LogP contribution in [0.5, 0.6) is 0 Å². The van der Waals surface area contributed by atoms with E-state index in [0.29, 0.717) is 0 Å². The molecule has 0 aliphatic carbocycles. The van der Waals surface area contributed by atoms with Crippen molar-refractivity contribution in [1.82, 2.24) is 9.97 Å². The van der Waals surface area contributed by atoms with Crippen molar-refractivity contribution in [2.24, 2.45) is 0 Å². The van der Waals surface area contributed by atoms with Gasteiger partial charge in [0, 0.05) is 28.2 Å². The van der Waals surface area contributed by atoms with Crippen molar-refractivity contribution in [2.45, 2.75) is 0 Å². The summed E-state index contributed by atoms with van der Waals surface area (Å²) in [6.45, 7) is 0. The van der Waals surface area contributed by atoms with Gasteiger partial charge in [-0.1, -0.05) is 97.1 Å². The molecule has 2 nitrogen and oxygen atoms in total. The second kappa shape index (κ2) is 9.96. The minimum absolute atomic E-state index is 0.803. The van der Waals surface area contributed by atoms with Crippen molar-refractivity contribution in [3.8, 4) is 0 Å². The summed E-state index contributed by atoms with van der Waals surface area (Å²) in [6.07, 6.45) is 3.80. The summed E-state index contributed by atoms with van der Waals surface area (Å²) in [6, 6.07) is 42.8. The molecule has 5 rings (SSSR count). The molecule has 3 aromatic carbocycles. The first-order valence-corrected chi connectivity index (χ1v) is 13.2. The fourth-order valence-electron chi connectivity index (χ4n) is 3.76. The Morgan fingerprint density at radius 2 is 0.750 bits per heavy atom. The van der Waals surface area contributed by atoms with E-state index in [1.54, 1.807) is 0 Å². The first-order valence-electron chi connectivity index (χ1n) is 10.5. The van der Waals surface area contributed by atoms with E-state index >= 15 is 0 Å². The average molecular weight is 448 g/mol. The zero-order valence-corrected chi connectivity index (χ0v) is 19.3. The lowest BCUT2D eigenvalue weighted by molar-refractivity contribution is 1.39. The molecule has 0 saturated heterocycles. The van der Waals surface area contributed by atoms with Crippen molar-refractivity contribution in [3.63, 3.8) is 0 Å². The number of hydrogen-bond acceptors (Lipinski definition) is 2. The molecule has 32 heavy (non-hydrogen) atoms. The van der Waals surface area contributed by atoms with Crippen LogP contribution in [0.15, 0.2) is 134 Å². The number of rotatable bonds is 6. The predicted molar refractivity (Wildman–Crippen MR) is 139 cm³/mol. The van der Waals surface area contributed by atoms with E-state index in [9.17, 15) is 0 Å². The molecule has 0 radical (unpaired) electrons. The van der Waals surface area contributed by atoms with Gasteiger partial charge in [0.1, 0.15) is 0 Å². The molecule has 0 saturated carbocycles. The molecule has 2 atom stereocenters. The van der Waals surface area contributed by atoms with Crippen LogP contribution in [-0.4, -0.2) is 9.97 Å². The molecule has 0 aliphatic rings. The van der Waals surface area contributed by atoms with Crippen molar-refractivity contribution >= 4 is 47.9 Å². The third-order valence-corrected chi connectivity index (χ3v) is 10.1. The normalized spacial score (nSPS) is 12.8. The first-order chi connectivity index (χ1) is 15.9. The van der Waals surface area contributed by atoms with Gasteiger partial charge in [-0.2, -0.15) is 0 Å². The van der Waals surface area contributed by atoms with Gasteiger partial charge in [-0.3, -0.25) is 9.97 Å². The summed E-state index contributed by atoms with van der Waals surface area (Å²) in [4.78, 5) is 9.60. The van der Waals surface area contributed by atoms with Crippen LogP contribution in [0.4, 0.5) is 0 Å². The largest absolute Gasteiger partial charge is 0.256 e. The molecule has 2 unspecified atom stereocenters. The third-order valence-electron chi connectivity index (χ3n) is 5.15. The van der Waals surface area contributed by atoms with Gasteiger partial charge >= 0.3 is 0 Å². The topological polar surface area (TPSA) is 25.8 Å². The lowest BCUT2D eigenvalue weighted by Crippen LogP contribution is -2.35. The van der Waals surface area contributed by atoms with E-state index in [1.807, 2.05) is 24.5 Å². The Morgan fingerprint density at radius 3 is 1.12 bits per heavy atom. The Morgan fingerprint density at radius 1 is 0.375 bits per heavy atom. The van der Waals surface area contributed by atoms with Crippen LogP contribution in [0.2, 0.25) is 0 Å². The van der Waals surface area contributed by atoms with Gasteiger partial charge < -0.3 is 0 Å². The summed E-state index contributed by atoms with van der Waals surface area (Å²) >= 11 is 0. The molecular weight excluding hydrogens is 426 g/mol. The average Bonchev–Trinajstić information content (AvgIpc) is 2.88. The summed E-state index contributed by atoms with van der Waals surface area (Å²) in [5.41, 5.74) is 2.23. The van der Waals surface area contributed by atoms with E-state index in [0.717, 1.165) is 10.9 Å². The SMILES string of the molecule is c1ccc(P(c2ccccn2)c2ccccc2P(c2ccccc2)c2ccccn2)cc1. The minimum Gasteiger partial charge on any atom is -0.256 e. The zero-order chi connectivity index (χ0) is 21.6. The van der Waals surface area contributed by atoms with E-state index < -0.39 is 15.8 Å². The Labute approximate surface area is 191 Å². The van der Waals surface area contributed by atoms with Gasteiger partial charge in [-0.15, -0.1) is 0 Å². The number of aromatic nitrogens is 2. The molecule has 0 amide bonds. The molecule has 0 bridgehead atoms. The highest BCUT2D eigenvalue weighted by molar-refractivity contribution is 7.85. The van der Waals surface area contributed by atoms with Crippen molar-refractivity contribution < 1.29 is 0 Å². The monoisotopic (exact) mass is 448 g/mol. The van der Waals surface area contributed by atoms with Crippen LogP contribution in [0.3, 0.4) is 0 Å². The minimum atomic E-state index is -0.803. The summed E-state index contributed by atoms with van der Waals surface area (Å²) in [5.74, 6) is 0. The first kappa shape index (κ1) is 20.7. The quantitative estimate of drug-likeness (QED) is 0.367. The smallest absolute Gasteiger partial charge is 0.0721 e. The molecule has 154 valence electrons. The number of hydrogen-bond donors (Lipinski definition) is 0. The Kier molecular flexibility index (Phi) is 6.45. The fraction of sp³-hybridized carbons (Fsp3) is 0. The van der Waals surface area contributed by atoms with E-state index in [1.165, 1.54) is 21.2 Å². The van der Waals surface area contributed by atoms with Gasteiger partial charge in [-0.25, -0.2) is 0 Å². The molecule has 0 aliphatic heterocycles. The molecule has 0 fully saturated rings. The molecular formula is C28H22N2P2. The van der Waals surface area contributed by atoms with Crippen molar-refractivity contribution in [2.75, 3.05) is 0 Å². The maximum atomic E-state index is 4.80. The summed E-state index contributed by atoms with van der Waals surface area (Å²) in [5, 5.41) is 5.29. The maximum absolute atomic E-state index is 4.80. The van der Waals surface area contributed by atoms with Crippen LogP contribution in [0, 0.1) is 0 Å². The van der Waals surface area contributed by atoms with Gasteiger partial charge in [-0.05, 0) is 45.5 Å². The number of nitrogens with zero attached hydrogens (tertiary/aromatic N) is 2. The van der Waals surface area contributed by atoms with Crippen LogP contribution >= 0.6 is 15.8 Å². The highest BCUT2D eigenvalue weighted by Crippen LogP contribution is 2.37. The van der Waals surface area contributed by atoms with Gasteiger partial charge in [0.2, 0.25) is 0 Å². The van der Waals surface area contributed by atoms with E-state index in [2.05, 4.69) is 109 Å². The molecule has 0 N–H and O–H groups in total. The lowest BCUT2D eigenvalue weighted by Gasteiger charge is -2.26.